The molecule has 0 aliphatic heterocycles. The normalized spacial score (nSPS) is 12.3. The molecule has 0 aliphatic carbocycles. The number of unbranched alkanes of at least 4 members (excludes halogenated alkanes) is 1. The van der Waals surface area contributed by atoms with Gasteiger partial charge in [0.15, 0.2) is 9.84 Å². The number of carboxylic acids is 1. The van der Waals surface area contributed by atoms with Crippen molar-refractivity contribution in [2.45, 2.75) is 37.0 Å². The van der Waals surface area contributed by atoms with Crippen molar-refractivity contribution >= 4 is 15.8 Å². The summed E-state index contributed by atoms with van der Waals surface area (Å²) in [6, 6.07) is 13.7. The number of aliphatic carboxylic acids is 1. The highest BCUT2D eigenvalue weighted by atomic mass is 32.2. The van der Waals surface area contributed by atoms with Gasteiger partial charge in [-0.1, -0.05) is 18.6 Å². The zero-order valence-corrected chi connectivity index (χ0v) is 20.0. The maximum Gasteiger partial charge on any atom is 0.311 e. The molecule has 1 aromatic heterocycles. The Morgan fingerprint density at radius 1 is 1.14 bits per heavy atom. The average molecular weight is 505 g/mol. The van der Waals surface area contributed by atoms with Gasteiger partial charge in [-0.2, -0.15) is 0 Å². The van der Waals surface area contributed by atoms with Gasteiger partial charge in [0.25, 0.3) is 5.09 Å². The van der Waals surface area contributed by atoms with Crippen molar-refractivity contribution in [2.24, 2.45) is 0 Å². The van der Waals surface area contributed by atoms with Crippen LogP contribution in [0, 0.1) is 22.9 Å². The van der Waals surface area contributed by atoms with E-state index in [1.807, 2.05) is 0 Å². The highest BCUT2D eigenvalue weighted by Gasteiger charge is 2.26. The van der Waals surface area contributed by atoms with Gasteiger partial charge in [0.2, 0.25) is 0 Å². The lowest BCUT2D eigenvalue weighted by atomic mass is 9.93. The molecule has 11 heteroatoms. The van der Waals surface area contributed by atoms with Gasteiger partial charge in [-0.15, -0.1) is 10.1 Å². The molecule has 3 aromatic rings. The summed E-state index contributed by atoms with van der Waals surface area (Å²) in [4.78, 5) is 26.9. The number of hydrogen-bond acceptors (Lipinski definition) is 6. The number of rotatable bonds is 11. The fourth-order valence-corrected chi connectivity index (χ4v) is 4.62. The number of sulfone groups is 1. The third kappa shape index (κ3) is 6.24. The Balaban J connectivity index is 2.05. The molecule has 0 fully saturated rings. The monoisotopic (exact) mass is 504 g/mol. The number of halogens is 1. The molecule has 0 amide bonds. The van der Waals surface area contributed by atoms with Gasteiger partial charge in [0, 0.05) is 17.6 Å². The van der Waals surface area contributed by atoms with Gasteiger partial charge < -0.3 is 14.5 Å². The van der Waals surface area contributed by atoms with Crippen molar-refractivity contribution in [1.29, 1.82) is 0 Å². The number of aromatic nitrogens is 1. The van der Waals surface area contributed by atoms with Crippen molar-refractivity contribution in [2.75, 3.05) is 12.9 Å². The smallest absolute Gasteiger partial charge is 0.311 e. The highest BCUT2D eigenvalue weighted by Crippen LogP contribution is 2.35. The lowest BCUT2D eigenvalue weighted by molar-refractivity contribution is -0.757. The predicted octanol–water partition coefficient (Wildman–Crippen LogP) is 4.54. The summed E-state index contributed by atoms with van der Waals surface area (Å²) in [6.45, 7) is 1.64. The molecule has 1 heterocycles. The molecule has 1 atom stereocenters. The molecule has 3 rings (SSSR count). The minimum atomic E-state index is -3.40. The van der Waals surface area contributed by atoms with Crippen molar-refractivity contribution in [3.63, 3.8) is 0 Å². The molecule has 0 saturated heterocycles. The Morgan fingerprint density at radius 2 is 1.77 bits per heavy atom. The molecule has 0 bridgehead atoms. The van der Waals surface area contributed by atoms with E-state index >= 15 is 0 Å². The van der Waals surface area contributed by atoms with E-state index in [0.717, 1.165) is 6.26 Å². The van der Waals surface area contributed by atoms with Crippen molar-refractivity contribution in [1.82, 2.24) is 4.57 Å². The summed E-state index contributed by atoms with van der Waals surface area (Å²) in [5.41, 5.74) is 3.06. The van der Waals surface area contributed by atoms with Crippen molar-refractivity contribution in [3.05, 3.63) is 81.8 Å². The van der Waals surface area contributed by atoms with Crippen LogP contribution in [0.2, 0.25) is 0 Å². The molecule has 2 aromatic carbocycles. The first-order valence-corrected chi connectivity index (χ1v) is 12.7. The van der Waals surface area contributed by atoms with Gasteiger partial charge in [0.05, 0.1) is 23.1 Å². The van der Waals surface area contributed by atoms with Crippen LogP contribution >= 0.6 is 0 Å². The first-order valence-electron chi connectivity index (χ1n) is 10.8. The molecule has 35 heavy (non-hydrogen) atoms. The second-order valence-corrected chi connectivity index (χ2v) is 10.1. The molecule has 0 radical (unpaired) electrons. The summed E-state index contributed by atoms with van der Waals surface area (Å²) >= 11 is 0. The first kappa shape index (κ1) is 25.9. The largest absolute Gasteiger partial charge is 0.481 e. The van der Waals surface area contributed by atoms with Gasteiger partial charge in [0.1, 0.15) is 5.82 Å². The van der Waals surface area contributed by atoms with Crippen LogP contribution in [0.1, 0.15) is 36.4 Å². The Hall–Kier alpha value is -3.73. The van der Waals surface area contributed by atoms with Gasteiger partial charge >= 0.3 is 5.97 Å². The lowest BCUT2D eigenvalue weighted by Crippen LogP contribution is -2.13. The third-order valence-electron chi connectivity index (χ3n) is 5.71. The van der Waals surface area contributed by atoms with E-state index in [1.54, 1.807) is 41.8 Å². The lowest BCUT2D eigenvalue weighted by Gasteiger charge is -2.15. The summed E-state index contributed by atoms with van der Waals surface area (Å²) < 4.78 is 39.1. The fourth-order valence-electron chi connectivity index (χ4n) is 3.99. The summed E-state index contributed by atoms with van der Waals surface area (Å²) in [7, 11) is -3.40. The topological polar surface area (TPSA) is 129 Å². The molecular weight excluding hydrogens is 479 g/mol. The Bertz CT molecular complexity index is 1320. The van der Waals surface area contributed by atoms with Crippen molar-refractivity contribution in [3.8, 4) is 16.9 Å². The van der Waals surface area contributed by atoms with Crippen LogP contribution < -0.4 is 0 Å². The SMILES string of the molecule is Cc1c(C(CCCCO[N+](=O)[O-])C(=O)O)cc(-c2ccc(S(C)(=O)=O)cc2)n1-c1ccc(F)cc1. The van der Waals surface area contributed by atoms with Crippen LogP contribution in [-0.4, -0.2) is 42.0 Å². The van der Waals surface area contributed by atoms with Crippen LogP contribution in [0.15, 0.2) is 59.5 Å². The van der Waals surface area contributed by atoms with E-state index in [9.17, 15) is 32.8 Å². The summed E-state index contributed by atoms with van der Waals surface area (Å²) in [5, 5.41) is 19.4. The van der Waals surface area contributed by atoms with Crippen LogP contribution in [0.5, 0.6) is 0 Å². The standard InChI is InChI=1S/C24H25FN2O7S/c1-16-22(21(24(28)29)5-3-4-14-34-27(30)31)15-23(26(16)19-10-8-18(25)9-11-19)17-6-12-20(13-7-17)35(2,32)33/h6-13,15,21H,3-5,14H2,1-2H3,(H,28,29). The van der Waals surface area contributed by atoms with E-state index < -0.39 is 32.6 Å². The maximum atomic E-state index is 13.6. The number of carbonyl (C=O) groups is 1. The first-order chi connectivity index (χ1) is 16.5. The van der Waals surface area contributed by atoms with Crippen LogP contribution in [0.4, 0.5) is 4.39 Å². The van der Waals surface area contributed by atoms with Gasteiger partial charge in [-0.3, -0.25) is 4.79 Å². The van der Waals surface area contributed by atoms with Gasteiger partial charge in [-0.05, 0) is 73.4 Å². The fraction of sp³-hybridized carbons (Fsp3) is 0.292. The number of nitrogens with zero attached hydrogens (tertiary/aromatic N) is 2. The zero-order valence-electron chi connectivity index (χ0n) is 19.2. The Labute approximate surface area is 201 Å². The minimum Gasteiger partial charge on any atom is -0.481 e. The number of carboxylic acid groups (broad SMARTS) is 1. The molecular formula is C24H25FN2O7S. The van der Waals surface area contributed by atoms with Crippen LogP contribution in [0.3, 0.4) is 0 Å². The highest BCUT2D eigenvalue weighted by molar-refractivity contribution is 7.90. The molecule has 1 N–H and O–H groups in total. The minimum absolute atomic E-state index is 0.118. The molecule has 0 saturated carbocycles. The average Bonchev–Trinajstić information content (AvgIpc) is 3.12. The van der Waals surface area contributed by atoms with Crippen molar-refractivity contribution < 1.29 is 32.6 Å². The molecule has 1 unspecified atom stereocenters. The maximum absolute atomic E-state index is 13.6. The summed E-state index contributed by atoms with van der Waals surface area (Å²) in [5.74, 6) is -2.35. The van der Waals surface area contributed by atoms with E-state index in [0.29, 0.717) is 41.0 Å². The number of hydrogen-bond donors (Lipinski definition) is 1. The number of benzene rings is 2. The Morgan fingerprint density at radius 3 is 2.31 bits per heavy atom. The summed E-state index contributed by atoms with van der Waals surface area (Å²) in [6.07, 6.45) is 2.06. The van der Waals surface area contributed by atoms with Crippen LogP contribution in [-0.2, 0) is 19.5 Å². The second kappa shape index (κ2) is 10.7. The predicted molar refractivity (Wildman–Crippen MR) is 126 cm³/mol. The van der Waals surface area contributed by atoms with E-state index in [-0.39, 0.29) is 17.9 Å². The quantitative estimate of drug-likeness (QED) is 0.231. The second-order valence-electron chi connectivity index (χ2n) is 8.12. The van der Waals surface area contributed by atoms with Gasteiger partial charge in [-0.25, -0.2) is 12.8 Å². The third-order valence-corrected chi connectivity index (χ3v) is 6.84. The van der Waals surface area contributed by atoms with E-state index in [4.69, 9.17) is 0 Å². The molecule has 9 nitrogen and oxygen atoms in total. The zero-order chi connectivity index (χ0) is 25.8. The molecule has 186 valence electrons. The van der Waals surface area contributed by atoms with Crippen LogP contribution in [0.25, 0.3) is 16.9 Å². The Kier molecular flexibility index (Phi) is 7.90. The molecule has 0 spiro atoms. The van der Waals surface area contributed by atoms with E-state index in [1.165, 1.54) is 24.3 Å². The van der Waals surface area contributed by atoms with E-state index in [2.05, 4.69) is 4.84 Å². The molecule has 0 aliphatic rings.